The Bertz CT molecular complexity index is 814. The molecule has 0 radical (unpaired) electrons. The van der Waals surface area contributed by atoms with Crippen LogP contribution in [0.5, 0.6) is 0 Å². The second-order valence-corrected chi connectivity index (χ2v) is 8.05. The topological polar surface area (TPSA) is 46.8 Å². The molecule has 0 N–H and O–H groups in total. The summed E-state index contributed by atoms with van der Waals surface area (Å²) >= 11 is 7.63. The van der Waals surface area contributed by atoms with Crippen molar-refractivity contribution >= 4 is 28.1 Å². The number of nitrogens with zero attached hydrogens (tertiary/aromatic N) is 5. The van der Waals surface area contributed by atoms with Crippen LogP contribution in [0, 0.1) is 5.92 Å². The van der Waals surface area contributed by atoms with Gasteiger partial charge in [0.2, 0.25) is 5.13 Å². The second kappa shape index (κ2) is 7.14. The summed E-state index contributed by atoms with van der Waals surface area (Å²) in [5.74, 6) is 0.631. The first kappa shape index (κ1) is 16.5. The van der Waals surface area contributed by atoms with Gasteiger partial charge in [-0.05, 0) is 30.0 Å². The van der Waals surface area contributed by atoms with Gasteiger partial charge in [0.15, 0.2) is 0 Å². The zero-order valence-corrected chi connectivity index (χ0v) is 15.6. The molecular formula is C18H20ClN5S. The Morgan fingerprint density at radius 1 is 1.24 bits per heavy atom. The fraction of sp³-hybridized carbons (Fsp3) is 0.389. The molecule has 7 heteroatoms. The summed E-state index contributed by atoms with van der Waals surface area (Å²) in [7, 11) is 0. The molecule has 5 nitrogen and oxygen atoms in total. The molecule has 1 fully saturated rings. The number of piperidine rings is 1. The van der Waals surface area contributed by atoms with Crippen molar-refractivity contribution in [3.05, 3.63) is 58.6 Å². The Balaban J connectivity index is 1.47. The van der Waals surface area contributed by atoms with Gasteiger partial charge >= 0.3 is 0 Å². The number of aromatic nitrogens is 4. The van der Waals surface area contributed by atoms with E-state index in [-0.39, 0.29) is 0 Å². The lowest BCUT2D eigenvalue weighted by Crippen LogP contribution is -2.40. The molecule has 0 amide bonds. The van der Waals surface area contributed by atoms with Crippen molar-refractivity contribution in [1.82, 2.24) is 19.7 Å². The van der Waals surface area contributed by atoms with E-state index in [0.29, 0.717) is 12.0 Å². The highest BCUT2D eigenvalue weighted by atomic mass is 35.5. The van der Waals surface area contributed by atoms with Gasteiger partial charge in [-0.1, -0.05) is 42.0 Å². The van der Waals surface area contributed by atoms with Crippen LogP contribution in [0.3, 0.4) is 0 Å². The standard InChI is InChI=1S/C18H20ClN5S/c1-13-6-8-23(11-16(13)24-9-7-20-12-24)18-22-21-17(25-18)10-14-2-4-15(19)5-3-14/h2-5,7,9,12-13,16H,6,8,10-11H2,1H3. The van der Waals surface area contributed by atoms with Crippen LogP contribution in [-0.4, -0.2) is 32.8 Å². The molecule has 4 rings (SSSR count). The first-order valence-electron chi connectivity index (χ1n) is 8.48. The highest BCUT2D eigenvalue weighted by Gasteiger charge is 2.29. The van der Waals surface area contributed by atoms with E-state index in [9.17, 15) is 0 Å². The van der Waals surface area contributed by atoms with E-state index in [0.717, 1.165) is 41.1 Å². The number of hydrogen-bond acceptors (Lipinski definition) is 5. The molecule has 0 saturated carbocycles. The smallest absolute Gasteiger partial charge is 0.208 e. The highest BCUT2D eigenvalue weighted by Crippen LogP contribution is 2.32. The molecule has 0 aliphatic carbocycles. The van der Waals surface area contributed by atoms with Gasteiger partial charge in [0.1, 0.15) is 5.01 Å². The average Bonchev–Trinajstić information content (AvgIpc) is 3.29. The van der Waals surface area contributed by atoms with E-state index < -0.39 is 0 Å². The van der Waals surface area contributed by atoms with Crippen LogP contribution in [0.2, 0.25) is 5.02 Å². The molecule has 1 aromatic carbocycles. The molecule has 3 aromatic rings. The molecule has 2 aromatic heterocycles. The van der Waals surface area contributed by atoms with Gasteiger partial charge in [-0.2, -0.15) is 0 Å². The third-order valence-electron chi connectivity index (χ3n) is 4.82. The molecule has 1 aliphatic rings. The van der Waals surface area contributed by atoms with Crippen LogP contribution in [0.4, 0.5) is 5.13 Å². The maximum atomic E-state index is 5.95. The van der Waals surface area contributed by atoms with E-state index in [2.05, 4.69) is 37.8 Å². The monoisotopic (exact) mass is 373 g/mol. The maximum Gasteiger partial charge on any atom is 0.208 e. The molecule has 1 saturated heterocycles. The van der Waals surface area contributed by atoms with Crippen molar-refractivity contribution in [3.8, 4) is 0 Å². The predicted molar refractivity (Wildman–Crippen MR) is 101 cm³/mol. The zero-order valence-electron chi connectivity index (χ0n) is 14.0. The molecule has 130 valence electrons. The van der Waals surface area contributed by atoms with Crippen molar-refractivity contribution in [2.45, 2.75) is 25.8 Å². The number of anilines is 1. The molecule has 3 heterocycles. The summed E-state index contributed by atoms with van der Waals surface area (Å²) in [4.78, 5) is 6.55. The van der Waals surface area contributed by atoms with Crippen LogP contribution in [0.15, 0.2) is 43.0 Å². The van der Waals surface area contributed by atoms with Crippen LogP contribution in [0.1, 0.15) is 30.0 Å². The van der Waals surface area contributed by atoms with Crippen LogP contribution < -0.4 is 4.90 Å². The largest absolute Gasteiger partial charge is 0.345 e. The minimum atomic E-state index is 0.430. The van der Waals surface area contributed by atoms with Crippen molar-refractivity contribution in [3.63, 3.8) is 0 Å². The fourth-order valence-corrected chi connectivity index (χ4v) is 4.33. The summed E-state index contributed by atoms with van der Waals surface area (Å²) in [6.07, 6.45) is 7.76. The Labute approximate surface area is 156 Å². The van der Waals surface area contributed by atoms with Gasteiger partial charge in [-0.25, -0.2) is 4.98 Å². The molecule has 1 aliphatic heterocycles. The van der Waals surface area contributed by atoms with E-state index >= 15 is 0 Å². The Morgan fingerprint density at radius 3 is 2.84 bits per heavy atom. The van der Waals surface area contributed by atoms with Gasteiger partial charge in [0.05, 0.1) is 12.4 Å². The normalized spacial score (nSPS) is 20.8. The van der Waals surface area contributed by atoms with Gasteiger partial charge in [0, 0.05) is 36.9 Å². The van der Waals surface area contributed by atoms with Gasteiger partial charge in [0.25, 0.3) is 0 Å². The Morgan fingerprint density at radius 2 is 2.08 bits per heavy atom. The minimum absolute atomic E-state index is 0.430. The van der Waals surface area contributed by atoms with Crippen molar-refractivity contribution in [2.24, 2.45) is 5.92 Å². The molecule has 25 heavy (non-hydrogen) atoms. The van der Waals surface area contributed by atoms with Crippen LogP contribution in [0.25, 0.3) is 0 Å². The van der Waals surface area contributed by atoms with E-state index in [4.69, 9.17) is 11.6 Å². The molecular weight excluding hydrogens is 354 g/mol. The molecule has 0 bridgehead atoms. The minimum Gasteiger partial charge on any atom is -0.345 e. The van der Waals surface area contributed by atoms with Crippen molar-refractivity contribution < 1.29 is 0 Å². The van der Waals surface area contributed by atoms with E-state index in [1.165, 1.54) is 5.56 Å². The predicted octanol–water partition coefficient (Wildman–Crippen LogP) is 4.07. The number of hydrogen-bond donors (Lipinski definition) is 0. The zero-order chi connectivity index (χ0) is 17.2. The lowest BCUT2D eigenvalue weighted by molar-refractivity contribution is 0.298. The average molecular weight is 374 g/mol. The van der Waals surface area contributed by atoms with Gasteiger partial charge < -0.3 is 9.47 Å². The SMILES string of the molecule is CC1CCN(c2nnc(Cc3ccc(Cl)cc3)s2)CC1n1ccnc1. The van der Waals surface area contributed by atoms with E-state index in [1.807, 2.05) is 36.8 Å². The lowest BCUT2D eigenvalue weighted by atomic mass is 9.93. The van der Waals surface area contributed by atoms with Gasteiger partial charge in [-0.3, -0.25) is 0 Å². The number of imidazole rings is 1. The maximum absolute atomic E-state index is 5.95. The van der Waals surface area contributed by atoms with Crippen molar-refractivity contribution in [2.75, 3.05) is 18.0 Å². The third kappa shape index (κ3) is 3.70. The van der Waals surface area contributed by atoms with Crippen LogP contribution >= 0.6 is 22.9 Å². The number of benzene rings is 1. The first-order chi connectivity index (χ1) is 12.2. The summed E-state index contributed by atoms with van der Waals surface area (Å²) in [5, 5.41) is 11.6. The summed E-state index contributed by atoms with van der Waals surface area (Å²) in [5.41, 5.74) is 1.20. The first-order valence-corrected chi connectivity index (χ1v) is 9.67. The Kier molecular flexibility index (Phi) is 4.72. The summed E-state index contributed by atoms with van der Waals surface area (Å²) in [6, 6.07) is 8.35. The van der Waals surface area contributed by atoms with E-state index in [1.54, 1.807) is 11.3 Å². The molecule has 2 unspecified atom stereocenters. The van der Waals surface area contributed by atoms with Gasteiger partial charge in [-0.15, -0.1) is 10.2 Å². The lowest BCUT2D eigenvalue weighted by Gasteiger charge is -2.37. The van der Waals surface area contributed by atoms with Crippen molar-refractivity contribution in [1.29, 1.82) is 0 Å². The highest BCUT2D eigenvalue weighted by molar-refractivity contribution is 7.15. The number of rotatable bonds is 4. The Hall–Kier alpha value is -1.92. The summed E-state index contributed by atoms with van der Waals surface area (Å²) < 4.78 is 2.21. The fourth-order valence-electron chi connectivity index (χ4n) is 3.30. The summed E-state index contributed by atoms with van der Waals surface area (Å²) in [6.45, 7) is 4.29. The van der Waals surface area contributed by atoms with Crippen LogP contribution in [-0.2, 0) is 6.42 Å². The quantitative estimate of drug-likeness (QED) is 0.691. The molecule has 2 atom stereocenters. The molecule has 0 spiro atoms. The number of halogens is 1. The third-order valence-corrected chi connectivity index (χ3v) is 6.06. The second-order valence-electron chi connectivity index (χ2n) is 6.57.